The molecule has 0 radical (unpaired) electrons. The second kappa shape index (κ2) is 5.14. The van der Waals surface area contributed by atoms with Gasteiger partial charge in [0.15, 0.2) is 0 Å². The highest BCUT2D eigenvalue weighted by Gasteiger charge is 2.04. The summed E-state index contributed by atoms with van der Waals surface area (Å²) in [6, 6.07) is 7.56. The van der Waals surface area contributed by atoms with Gasteiger partial charge in [0.1, 0.15) is 5.75 Å². The maximum atomic E-state index is 5.69. The molecule has 0 spiro atoms. The first-order valence-electron chi connectivity index (χ1n) is 5.14. The SMILES string of the molecule is CNc1nccc(Oc2ccc(Br)cc2C)n1. The molecule has 2 rings (SSSR count). The summed E-state index contributed by atoms with van der Waals surface area (Å²) >= 11 is 3.41. The molecule has 1 aromatic heterocycles. The van der Waals surface area contributed by atoms with Crippen LogP contribution >= 0.6 is 15.9 Å². The molecule has 88 valence electrons. The highest BCUT2D eigenvalue weighted by Crippen LogP contribution is 2.26. The summed E-state index contributed by atoms with van der Waals surface area (Å²) in [5.74, 6) is 1.85. The topological polar surface area (TPSA) is 47.0 Å². The van der Waals surface area contributed by atoms with E-state index in [0.717, 1.165) is 15.8 Å². The fraction of sp³-hybridized carbons (Fsp3) is 0.167. The average Bonchev–Trinajstić information content (AvgIpc) is 2.33. The average molecular weight is 294 g/mol. The van der Waals surface area contributed by atoms with Crippen LogP contribution in [0.2, 0.25) is 0 Å². The fourth-order valence-electron chi connectivity index (χ4n) is 1.36. The van der Waals surface area contributed by atoms with Crippen LogP contribution in [0.25, 0.3) is 0 Å². The first-order chi connectivity index (χ1) is 8.19. The lowest BCUT2D eigenvalue weighted by molar-refractivity contribution is 0.459. The minimum Gasteiger partial charge on any atom is -0.439 e. The van der Waals surface area contributed by atoms with E-state index in [1.807, 2.05) is 25.1 Å². The van der Waals surface area contributed by atoms with E-state index in [9.17, 15) is 0 Å². The van der Waals surface area contributed by atoms with Gasteiger partial charge in [0.2, 0.25) is 11.8 Å². The third-order valence-corrected chi connectivity index (χ3v) is 2.70. The van der Waals surface area contributed by atoms with Crippen molar-refractivity contribution in [2.75, 3.05) is 12.4 Å². The van der Waals surface area contributed by atoms with Gasteiger partial charge in [-0.2, -0.15) is 4.98 Å². The summed E-state index contributed by atoms with van der Waals surface area (Å²) < 4.78 is 6.72. The quantitative estimate of drug-likeness (QED) is 0.942. The molecule has 0 fully saturated rings. The van der Waals surface area contributed by atoms with E-state index in [0.29, 0.717) is 11.8 Å². The molecule has 0 bridgehead atoms. The van der Waals surface area contributed by atoms with Crippen molar-refractivity contribution in [1.82, 2.24) is 9.97 Å². The van der Waals surface area contributed by atoms with Crippen LogP contribution in [-0.4, -0.2) is 17.0 Å². The third kappa shape index (κ3) is 2.94. The molecule has 0 atom stereocenters. The van der Waals surface area contributed by atoms with Crippen LogP contribution in [0.5, 0.6) is 11.6 Å². The number of aryl methyl sites for hydroxylation is 1. The van der Waals surface area contributed by atoms with E-state index in [2.05, 4.69) is 31.2 Å². The van der Waals surface area contributed by atoms with E-state index in [1.165, 1.54) is 0 Å². The number of ether oxygens (including phenoxy) is 1. The number of anilines is 1. The number of aromatic nitrogens is 2. The Bertz CT molecular complexity index is 531. The van der Waals surface area contributed by atoms with Crippen molar-refractivity contribution in [3.8, 4) is 11.6 Å². The van der Waals surface area contributed by atoms with E-state index >= 15 is 0 Å². The lowest BCUT2D eigenvalue weighted by atomic mass is 10.2. The summed E-state index contributed by atoms with van der Waals surface area (Å²) in [4.78, 5) is 8.22. The van der Waals surface area contributed by atoms with Crippen molar-refractivity contribution in [3.05, 3.63) is 40.5 Å². The van der Waals surface area contributed by atoms with Gasteiger partial charge in [0, 0.05) is 23.8 Å². The molecular formula is C12H12BrN3O. The molecule has 4 nitrogen and oxygen atoms in total. The van der Waals surface area contributed by atoms with Crippen LogP contribution in [0, 0.1) is 6.92 Å². The maximum Gasteiger partial charge on any atom is 0.225 e. The van der Waals surface area contributed by atoms with E-state index in [1.54, 1.807) is 19.3 Å². The monoisotopic (exact) mass is 293 g/mol. The van der Waals surface area contributed by atoms with Gasteiger partial charge in [-0.25, -0.2) is 4.98 Å². The third-order valence-electron chi connectivity index (χ3n) is 2.21. The van der Waals surface area contributed by atoms with Crippen molar-refractivity contribution in [2.24, 2.45) is 0 Å². The maximum absolute atomic E-state index is 5.69. The summed E-state index contributed by atoms with van der Waals surface area (Å²) in [6.45, 7) is 1.99. The minimum atomic E-state index is 0.523. The predicted molar refractivity (Wildman–Crippen MR) is 70.5 cm³/mol. The molecule has 0 saturated heterocycles. The first kappa shape index (κ1) is 11.9. The lowest BCUT2D eigenvalue weighted by Crippen LogP contribution is -1.97. The number of hydrogen-bond donors (Lipinski definition) is 1. The van der Waals surface area contributed by atoms with Gasteiger partial charge in [0.25, 0.3) is 0 Å². The van der Waals surface area contributed by atoms with Gasteiger partial charge < -0.3 is 10.1 Å². The van der Waals surface area contributed by atoms with Crippen LogP contribution < -0.4 is 10.1 Å². The smallest absolute Gasteiger partial charge is 0.225 e. The summed E-state index contributed by atoms with van der Waals surface area (Å²) in [7, 11) is 1.77. The van der Waals surface area contributed by atoms with Crippen molar-refractivity contribution in [3.63, 3.8) is 0 Å². The second-order valence-electron chi connectivity index (χ2n) is 3.48. The minimum absolute atomic E-state index is 0.523. The molecule has 5 heteroatoms. The normalized spacial score (nSPS) is 10.1. The molecule has 1 heterocycles. The van der Waals surface area contributed by atoms with Gasteiger partial charge in [0.05, 0.1) is 0 Å². The highest BCUT2D eigenvalue weighted by molar-refractivity contribution is 9.10. The van der Waals surface area contributed by atoms with Gasteiger partial charge >= 0.3 is 0 Å². The lowest BCUT2D eigenvalue weighted by Gasteiger charge is -2.08. The first-order valence-corrected chi connectivity index (χ1v) is 5.93. The van der Waals surface area contributed by atoms with Gasteiger partial charge in [-0.1, -0.05) is 15.9 Å². The van der Waals surface area contributed by atoms with Crippen LogP contribution in [0.1, 0.15) is 5.56 Å². The zero-order chi connectivity index (χ0) is 12.3. The van der Waals surface area contributed by atoms with Gasteiger partial charge in [-0.3, -0.25) is 0 Å². The molecule has 0 saturated carbocycles. The Morgan fingerprint density at radius 1 is 1.29 bits per heavy atom. The Balaban J connectivity index is 2.25. The van der Waals surface area contributed by atoms with Crippen LogP contribution in [0.3, 0.4) is 0 Å². The van der Waals surface area contributed by atoms with Crippen LogP contribution in [0.4, 0.5) is 5.95 Å². The standard InChI is InChI=1S/C12H12BrN3O/c1-8-7-9(13)3-4-10(8)17-11-5-6-15-12(14-2)16-11/h3-7H,1-2H3,(H,14,15,16). The number of benzene rings is 1. The molecule has 1 N–H and O–H groups in total. The Morgan fingerprint density at radius 3 is 2.82 bits per heavy atom. The Kier molecular flexibility index (Phi) is 3.58. The molecular weight excluding hydrogens is 282 g/mol. The van der Waals surface area contributed by atoms with Crippen molar-refractivity contribution in [1.29, 1.82) is 0 Å². The number of rotatable bonds is 3. The van der Waals surface area contributed by atoms with Crippen LogP contribution in [0.15, 0.2) is 34.9 Å². The van der Waals surface area contributed by atoms with Gasteiger partial charge in [-0.05, 0) is 30.7 Å². The second-order valence-corrected chi connectivity index (χ2v) is 4.40. The number of nitrogens with zero attached hydrogens (tertiary/aromatic N) is 2. The van der Waals surface area contributed by atoms with Crippen LogP contribution in [-0.2, 0) is 0 Å². The molecule has 0 aliphatic rings. The largest absolute Gasteiger partial charge is 0.439 e. The molecule has 2 aromatic rings. The van der Waals surface area contributed by atoms with Crippen molar-refractivity contribution >= 4 is 21.9 Å². The number of hydrogen-bond acceptors (Lipinski definition) is 4. The zero-order valence-electron chi connectivity index (χ0n) is 9.57. The fourth-order valence-corrected chi connectivity index (χ4v) is 1.83. The molecule has 0 aliphatic heterocycles. The summed E-state index contributed by atoms with van der Waals surface area (Å²) in [6.07, 6.45) is 1.66. The molecule has 17 heavy (non-hydrogen) atoms. The summed E-state index contributed by atoms with van der Waals surface area (Å²) in [5, 5.41) is 2.87. The van der Waals surface area contributed by atoms with E-state index in [4.69, 9.17) is 4.74 Å². The Labute approximate surface area is 108 Å². The Morgan fingerprint density at radius 2 is 2.12 bits per heavy atom. The van der Waals surface area contributed by atoms with Crippen molar-refractivity contribution in [2.45, 2.75) is 6.92 Å². The molecule has 0 unspecified atom stereocenters. The number of nitrogens with one attached hydrogen (secondary N) is 1. The van der Waals surface area contributed by atoms with E-state index < -0.39 is 0 Å². The molecule has 1 aromatic carbocycles. The molecule has 0 aliphatic carbocycles. The molecule has 0 amide bonds. The Hall–Kier alpha value is -1.62. The van der Waals surface area contributed by atoms with E-state index in [-0.39, 0.29) is 0 Å². The highest BCUT2D eigenvalue weighted by atomic mass is 79.9. The predicted octanol–water partition coefficient (Wildman–Crippen LogP) is 3.38. The van der Waals surface area contributed by atoms with Gasteiger partial charge in [-0.15, -0.1) is 0 Å². The number of halogens is 1. The summed E-state index contributed by atoms with van der Waals surface area (Å²) in [5.41, 5.74) is 1.05. The zero-order valence-corrected chi connectivity index (χ0v) is 11.2. The van der Waals surface area contributed by atoms with Crippen molar-refractivity contribution < 1.29 is 4.74 Å².